The summed E-state index contributed by atoms with van der Waals surface area (Å²) in [4.78, 5) is 164. The van der Waals surface area contributed by atoms with Crippen LogP contribution in [0.5, 0.6) is 5.75 Å². The molecule has 12 N–H and O–H groups in total. The van der Waals surface area contributed by atoms with Gasteiger partial charge in [-0.15, -0.1) is 0 Å². The molecule has 24 nitrogen and oxygen atoms in total. The van der Waals surface area contributed by atoms with Gasteiger partial charge in [0.25, 0.3) is 0 Å². The summed E-state index contributed by atoms with van der Waals surface area (Å²) in [6.07, 6.45) is 0.0693. The van der Waals surface area contributed by atoms with Crippen molar-refractivity contribution in [2.45, 2.75) is 146 Å². The molecule has 0 radical (unpaired) electrons. The van der Waals surface area contributed by atoms with Crippen LogP contribution in [0.25, 0.3) is 0 Å². The molecule has 0 unspecified atom stereocenters. The van der Waals surface area contributed by atoms with Crippen molar-refractivity contribution in [2.24, 2.45) is 11.7 Å². The first-order valence-corrected chi connectivity index (χ1v) is 32.1. The quantitative estimate of drug-likeness (QED) is 0.0594. The summed E-state index contributed by atoms with van der Waals surface area (Å²) >= 11 is 0. The number of likely N-dealkylation sites (N-methyl/N-ethyl adjacent to an activating group) is 1. The second-order valence-corrected chi connectivity index (χ2v) is 24.2. The summed E-state index contributed by atoms with van der Waals surface area (Å²) in [7, 11) is 1.36. The lowest BCUT2D eigenvalue weighted by atomic mass is 9.99. The van der Waals surface area contributed by atoms with Crippen molar-refractivity contribution < 1.29 is 57.8 Å². The topological polar surface area (TPSA) is 349 Å². The van der Waals surface area contributed by atoms with E-state index >= 15 is 19.2 Å². The molecule has 2 aliphatic heterocycles. The molecule has 0 spiro atoms. The lowest BCUT2D eigenvalue weighted by Gasteiger charge is -2.31. The largest absolute Gasteiger partial charge is 0.508 e. The molecule has 11 amide bonds. The van der Waals surface area contributed by atoms with Crippen LogP contribution in [0.15, 0.2) is 146 Å². The number of hydrogen-bond acceptors (Lipinski definition) is 13. The zero-order valence-corrected chi connectivity index (χ0v) is 53.6. The molecule has 500 valence electrons. The first kappa shape index (κ1) is 71.5. The number of benzene rings is 5. The molecule has 5 aromatic carbocycles. The van der Waals surface area contributed by atoms with Crippen molar-refractivity contribution in [3.8, 4) is 5.75 Å². The van der Waals surface area contributed by atoms with Gasteiger partial charge in [0.2, 0.25) is 65.0 Å². The van der Waals surface area contributed by atoms with Crippen LogP contribution in [0.3, 0.4) is 0 Å². The Morgan fingerprint density at radius 2 is 0.915 bits per heavy atom. The van der Waals surface area contributed by atoms with Crippen LogP contribution < -0.4 is 53.6 Å². The number of carbonyl (C=O) groups excluding carboxylic acids is 11. The highest BCUT2D eigenvalue weighted by Gasteiger charge is 2.41. The average molecular weight is 1290 g/mol. The van der Waals surface area contributed by atoms with E-state index in [0.717, 1.165) is 4.90 Å². The van der Waals surface area contributed by atoms with Gasteiger partial charge in [-0.1, -0.05) is 154 Å². The highest BCUT2D eigenvalue weighted by Crippen LogP contribution is 2.22. The smallest absolute Gasteiger partial charge is 0.246 e. The van der Waals surface area contributed by atoms with E-state index in [-0.39, 0.29) is 76.8 Å². The van der Waals surface area contributed by atoms with Gasteiger partial charge in [-0.3, -0.25) is 52.7 Å². The van der Waals surface area contributed by atoms with Crippen molar-refractivity contribution in [1.29, 1.82) is 0 Å². The van der Waals surface area contributed by atoms with Gasteiger partial charge >= 0.3 is 0 Å². The maximum Gasteiger partial charge on any atom is 0.246 e. The Morgan fingerprint density at radius 1 is 0.511 bits per heavy atom. The van der Waals surface area contributed by atoms with E-state index in [1.165, 1.54) is 36.2 Å². The van der Waals surface area contributed by atoms with E-state index in [0.29, 0.717) is 40.7 Å². The Hall–Kier alpha value is -9.97. The highest BCUT2D eigenvalue weighted by molar-refractivity contribution is 6.00. The maximum atomic E-state index is 15.1. The number of carbonyl (C=O) groups is 11. The molecule has 2 heterocycles. The SMILES string of the molecule is CCCNC(=O)C[C@H]1NC(=O)[C@@H](Cc2ccccc2)NC(=O)[C@@H](Cc2ccccc2)NC(=O)[C@@H]2CCCN2C(=O)[C@@H](Cc2ccccc2)NC(=O)CN(C)C(=O)[C@H](CCCN)NC(=O)[C@H](C(C)C)NC(=O)[C@H](Cc2ccc(O)cc2)NC(=O)[C@@H](Cc2ccccc2)NC1=O. The van der Waals surface area contributed by atoms with Crippen LogP contribution in [-0.4, -0.2) is 167 Å². The minimum Gasteiger partial charge on any atom is -0.508 e. The Bertz CT molecular complexity index is 3380. The zero-order valence-electron chi connectivity index (χ0n) is 53.6. The fraction of sp³-hybridized carbons (Fsp3) is 0.414. The molecule has 2 fully saturated rings. The molecule has 0 saturated carbocycles. The molecule has 0 aromatic heterocycles. The Labute approximate surface area is 548 Å². The fourth-order valence-electron chi connectivity index (χ4n) is 11.3. The van der Waals surface area contributed by atoms with Crippen LogP contribution in [-0.2, 0) is 84.8 Å². The van der Waals surface area contributed by atoms with Crippen LogP contribution in [0, 0.1) is 5.92 Å². The summed E-state index contributed by atoms with van der Waals surface area (Å²) < 4.78 is 0. The molecule has 5 aromatic rings. The zero-order chi connectivity index (χ0) is 67.7. The summed E-state index contributed by atoms with van der Waals surface area (Å²) in [6, 6.07) is 28.2. The van der Waals surface area contributed by atoms with Crippen molar-refractivity contribution in [3.05, 3.63) is 173 Å². The molecule has 2 aliphatic rings. The first-order chi connectivity index (χ1) is 45.2. The van der Waals surface area contributed by atoms with Gasteiger partial charge < -0.3 is 68.5 Å². The second kappa shape index (κ2) is 35.7. The monoisotopic (exact) mass is 1290 g/mol. The van der Waals surface area contributed by atoms with Crippen LogP contribution in [0.1, 0.15) is 87.1 Å². The third kappa shape index (κ3) is 21.6. The summed E-state index contributed by atoms with van der Waals surface area (Å²) in [5, 5.41) is 35.2. The molecule has 0 bridgehead atoms. The number of phenols is 1. The van der Waals surface area contributed by atoms with Gasteiger partial charge in [0.05, 0.1) is 13.0 Å². The standard InChI is InChI=1S/C70H88N12O12/c1-5-35-72-59(84)42-56-65(89)76-52(37-45-20-10-6-11-21-45)62(86)77-55(40-49-30-32-50(83)33-31-49)66(90)80-61(44(2)3)68(92)74-51(28-18-34-71)69(93)81(4)43-60(85)73-57(41-48-26-16-9-17-27-48)70(94)82-36-19-29-58(82)67(91)79-54(39-47-24-14-8-15-25-47)64(88)75-53(63(87)78-56)38-46-22-12-7-13-23-46/h6-17,20-27,30-33,44,51-58,61,83H,5,18-19,28-29,34-43,71H2,1-4H3,(H,72,84)(H,73,85)(H,74,92)(H,75,88)(H,76,89)(H,77,86)(H,78,87)(H,79,91)(H,80,90)/t51-,52+,53+,54+,55-,56+,57+,58-,61-/m0/s1. The van der Waals surface area contributed by atoms with Crippen LogP contribution >= 0.6 is 0 Å². The number of rotatable bonds is 18. The highest BCUT2D eigenvalue weighted by atomic mass is 16.3. The normalized spacial score (nSPS) is 22.9. The molecule has 24 heteroatoms. The molecule has 2 saturated heterocycles. The Kier molecular flexibility index (Phi) is 27.2. The van der Waals surface area contributed by atoms with Crippen LogP contribution in [0.4, 0.5) is 0 Å². The second-order valence-electron chi connectivity index (χ2n) is 24.2. The molecule has 9 atom stereocenters. The third-order valence-corrected chi connectivity index (χ3v) is 16.4. The van der Waals surface area contributed by atoms with Gasteiger partial charge in [0.15, 0.2) is 0 Å². The van der Waals surface area contributed by atoms with Gasteiger partial charge in [0, 0.05) is 52.2 Å². The number of amides is 11. The van der Waals surface area contributed by atoms with Crippen molar-refractivity contribution >= 4 is 65.0 Å². The van der Waals surface area contributed by atoms with Gasteiger partial charge in [0.1, 0.15) is 60.1 Å². The van der Waals surface area contributed by atoms with E-state index < -0.39 is 138 Å². The fourth-order valence-corrected chi connectivity index (χ4v) is 11.3. The minimum atomic E-state index is -1.70. The summed E-state index contributed by atoms with van der Waals surface area (Å²) in [6.45, 7) is 5.00. The van der Waals surface area contributed by atoms with Crippen molar-refractivity contribution in [3.63, 3.8) is 0 Å². The molecule has 7 rings (SSSR count). The summed E-state index contributed by atoms with van der Waals surface area (Å²) in [5.74, 6) is -9.34. The van der Waals surface area contributed by atoms with Crippen molar-refractivity contribution in [2.75, 3.05) is 33.2 Å². The number of nitrogens with one attached hydrogen (secondary N) is 9. The van der Waals surface area contributed by atoms with E-state index in [1.54, 1.807) is 135 Å². The number of phenolic OH excluding ortho intramolecular Hbond substituents is 1. The lowest BCUT2D eigenvalue weighted by molar-refractivity contribution is -0.143. The van der Waals surface area contributed by atoms with Gasteiger partial charge in [-0.05, 0) is 84.5 Å². The molecule has 0 aliphatic carbocycles. The Balaban J connectivity index is 1.32. The number of aromatic hydroxyl groups is 1. The average Bonchev–Trinajstić information content (AvgIpc) is 1.58. The van der Waals surface area contributed by atoms with Crippen LogP contribution in [0.2, 0.25) is 0 Å². The predicted molar refractivity (Wildman–Crippen MR) is 351 cm³/mol. The number of hydrogen-bond donors (Lipinski definition) is 11. The lowest BCUT2D eigenvalue weighted by Crippen LogP contribution is -2.62. The van der Waals surface area contributed by atoms with E-state index in [9.17, 15) is 38.7 Å². The number of nitrogens with two attached hydrogens (primary N) is 1. The van der Waals surface area contributed by atoms with Crippen molar-refractivity contribution in [1.82, 2.24) is 57.7 Å². The first-order valence-electron chi connectivity index (χ1n) is 32.1. The van der Waals surface area contributed by atoms with E-state index in [2.05, 4.69) is 47.9 Å². The molecular weight excluding hydrogens is 1200 g/mol. The predicted octanol–water partition coefficient (Wildman–Crippen LogP) is 1.56. The van der Waals surface area contributed by atoms with Gasteiger partial charge in [-0.25, -0.2) is 0 Å². The van der Waals surface area contributed by atoms with E-state index in [1.807, 2.05) is 6.92 Å². The van der Waals surface area contributed by atoms with E-state index in [4.69, 9.17) is 5.73 Å². The Morgan fingerprint density at radius 3 is 1.36 bits per heavy atom. The molecule has 94 heavy (non-hydrogen) atoms. The summed E-state index contributed by atoms with van der Waals surface area (Å²) in [5.41, 5.74) is 8.83. The molecular formula is C70H88N12O12. The third-order valence-electron chi connectivity index (χ3n) is 16.4. The maximum absolute atomic E-state index is 15.1. The number of fused-ring (bicyclic) bond motifs is 1. The number of nitrogens with zero attached hydrogens (tertiary/aromatic N) is 2. The minimum absolute atomic E-state index is 0.0173. The van der Waals surface area contributed by atoms with Gasteiger partial charge in [-0.2, -0.15) is 0 Å².